The highest BCUT2D eigenvalue weighted by molar-refractivity contribution is 5.82. The molecule has 1 saturated heterocycles. The summed E-state index contributed by atoms with van der Waals surface area (Å²) in [4.78, 5) is 25.4. The van der Waals surface area contributed by atoms with Crippen molar-refractivity contribution in [3.63, 3.8) is 0 Å². The van der Waals surface area contributed by atoms with Crippen molar-refractivity contribution in [2.24, 2.45) is 23.7 Å². The van der Waals surface area contributed by atoms with Gasteiger partial charge in [0.1, 0.15) is 0 Å². The minimum atomic E-state index is -0.694. The summed E-state index contributed by atoms with van der Waals surface area (Å²) in [7, 11) is 0. The quantitative estimate of drug-likeness (QED) is 0.879. The average molecular weight is 271 g/mol. The van der Waals surface area contributed by atoms with Crippen LogP contribution in [0.1, 0.15) is 11.1 Å². The predicted octanol–water partition coefficient (Wildman–Crippen LogP) is 1.19. The summed E-state index contributed by atoms with van der Waals surface area (Å²) < 4.78 is 0. The molecule has 0 bridgehead atoms. The standard InChI is InChI=1S/C16H17NO3/c18-15(11-5-9-3-1-2-4-10(9)6-11)17-7-12-13(8-17)14(12)16(19)20/h1-4,11-14H,5-8H2,(H,19,20)/t12-,13+,14?. The van der Waals surface area contributed by atoms with E-state index in [9.17, 15) is 9.59 Å². The zero-order valence-corrected chi connectivity index (χ0v) is 11.2. The van der Waals surface area contributed by atoms with Crippen LogP contribution >= 0.6 is 0 Å². The summed E-state index contributed by atoms with van der Waals surface area (Å²) in [6.07, 6.45) is 1.67. The Bertz CT molecular complexity index is 560. The third-order valence-electron chi connectivity index (χ3n) is 5.19. The summed E-state index contributed by atoms with van der Waals surface area (Å²) in [5, 5.41) is 9.01. The summed E-state index contributed by atoms with van der Waals surface area (Å²) in [6.45, 7) is 1.29. The van der Waals surface area contributed by atoms with E-state index in [0.29, 0.717) is 13.1 Å². The molecule has 1 amide bonds. The second-order valence-electron chi connectivity index (χ2n) is 6.31. The van der Waals surface area contributed by atoms with Gasteiger partial charge in [0.25, 0.3) is 0 Å². The normalized spacial score (nSPS) is 31.0. The largest absolute Gasteiger partial charge is 0.481 e. The van der Waals surface area contributed by atoms with E-state index < -0.39 is 5.97 Å². The molecule has 1 unspecified atom stereocenters. The van der Waals surface area contributed by atoms with Crippen molar-refractivity contribution in [2.45, 2.75) is 12.8 Å². The number of piperidine rings is 1. The molecule has 0 spiro atoms. The van der Waals surface area contributed by atoms with Crippen LogP contribution in [0.5, 0.6) is 0 Å². The number of aliphatic carboxylic acids is 1. The topological polar surface area (TPSA) is 57.6 Å². The van der Waals surface area contributed by atoms with E-state index in [0.717, 1.165) is 12.8 Å². The molecular weight excluding hydrogens is 254 g/mol. The lowest BCUT2D eigenvalue weighted by atomic mass is 10.0. The molecule has 1 heterocycles. The van der Waals surface area contributed by atoms with Crippen LogP contribution in [0, 0.1) is 23.7 Å². The number of hydrogen-bond donors (Lipinski definition) is 1. The number of amides is 1. The highest BCUT2D eigenvalue weighted by Gasteiger charge is 2.60. The van der Waals surface area contributed by atoms with Crippen molar-refractivity contribution < 1.29 is 14.7 Å². The molecule has 4 rings (SSSR count). The minimum Gasteiger partial charge on any atom is -0.481 e. The summed E-state index contributed by atoms with van der Waals surface area (Å²) in [6, 6.07) is 8.25. The third kappa shape index (κ3) is 1.67. The molecule has 1 N–H and O–H groups in total. The molecule has 1 saturated carbocycles. The lowest BCUT2D eigenvalue weighted by Gasteiger charge is -2.22. The maximum absolute atomic E-state index is 12.5. The Morgan fingerprint density at radius 1 is 1.05 bits per heavy atom. The summed E-state index contributed by atoms with van der Waals surface area (Å²) in [5.74, 6) is -0.189. The van der Waals surface area contributed by atoms with Gasteiger partial charge in [0, 0.05) is 19.0 Å². The maximum atomic E-state index is 12.5. The fourth-order valence-electron chi connectivity index (χ4n) is 4.06. The van der Waals surface area contributed by atoms with E-state index in [2.05, 4.69) is 12.1 Å². The van der Waals surface area contributed by atoms with Crippen LogP contribution in [-0.2, 0) is 22.4 Å². The highest BCUT2D eigenvalue weighted by atomic mass is 16.4. The van der Waals surface area contributed by atoms with Crippen molar-refractivity contribution in [3.8, 4) is 0 Å². The summed E-state index contributed by atoms with van der Waals surface area (Å²) >= 11 is 0. The number of carbonyl (C=O) groups excluding carboxylic acids is 1. The van der Waals surface area contributed by atoms with Gasteiger partial charge >= 0.3 is 5.97 Å². The molecule has 1 aliphatic heterocycles. The smallest absolute Gasteiger partial charge is 0.307 e. The van der Waals surface area contributed by atoms with Gasteiger partial charge in [0.05, 0.1) is 5.92 Å². The Morgan fingerprint density at radius 2 is 1.60 bits per heavy atom. The third-order valence-corrected chi connectivity index (χ3v) is 5.19. The van der Waals surface area contributed by atoms with Crippen LogP contribution in [-0.4, -0.2) is 35.0 Å². The van der Waals surface area contributed by atoms with Gasteiger partial charge in [-0.15, -0.1) is 0 Å². The Hall–Kier alpha value is -1.84. The van der Waals surface area contributed by atoms with E-state index in [-0.39, 0.29) is 29.6 Å². The van der Waals surface area contributed by atoms with Gasteiger partial charge < -0.3 is 10.0 Å². The number of benzene rings is 1. The van der Waals surface area contributed by atoms with E-state index in [4.69, 9.17) is 5.11 Å². The van der Waals surface area contributed by atoms with Crippen molar-refractivity contribution in [2.75, 3.05) is 13.1 Å². The maximum Gasteiger partial charge on any atom is 0.307 e. The molecular formula is C16H17NO3. The number of hydrogen-bond acceptors (Lipinski definition) is 2. The molecule has 4 nitrogen and oxygen atoms in total. The average Bonchev–Trinajstić information content (AvgIpc) is 2.82. The molecule has 4 heteroatoms. The molecule has 1 aromatic rings. The zero-order valence-electron chi connectivity index (χ0n) is 11.2. The van der Waals surface area contributed by atoms with Crippen LogP contribution in [0.4, 0.5) is 0 Å². The predicted molar refractivity (Wildman–Crippen MR) is 72.0 cm³/mol. The number of fused-ring (bicyclic) bond motifs is 2. The van der Waals surface area contributed by atoms with Crippen molar-refractivity contribution in [1.82, 2.24) is 4.90 Å². The molecule has 3 aliphatic rings. The lowest BCUT2D eigenvalue weighted by Crippen LogP contribution is -2.37. The monoisotopic (exact) mass is 271 g/mol. The van der Waals surface area contributed by atoms with E-state index in [1.165, 1.54) is 11.1 Å². The molecule has 20 heavy (non-hydrogen) atoms. The van der Waals surface area contributed by atoms with Gasteiger partial charge in [-0.05, 0) is 35.8 Å². The van der Waals surface area contributed by atoms with Gasteiger partial charge in [0.15, 0.2) is 0 Å². The fourth-order valence-corrected chi connectivity index (χ4v) is 4.06. The number of carbonyl (C=O) groups is 2. The van der Waals surface area contributed by atoms with Crippen LogP contribution in [0.3, 0.4) is 0 Å². The van der Waals surface area contributed by atoms with Gasteiger partial charge in [-0.2, -0.15) is 0 Å². The van der Waals surface area contributed by atoms with Gasteiger partial charge in [-0.1, -0.05) is 24.3 Å². The second kappa shape index (κ2) is 4.08. The molecule has 3 atom stereocenters. The van der Waals surface area contributed by atoms with Crippen LogP contribution < -0.4 is 0 Å². The van der Waals surface area contributed by atoms with Gasteiger partial charge in [0.2, 0.25) is 5.91 Å². The minimum absolute atomic E-state index is 0.0631. The molecule has 1 aromatic carbocycles. The SMILES string of the molecule is O=C(O)C1[C@H]2CN(C(=O)C3Cc4ccccc4C3)C[C@@H]12. The number of likely N-dealkylation sites (tertiary alicyclic amines) is 1. The zero-order chi connectivity index (χ0) is 13.9. The van der Waals surface area contributed by atoms with E-state index >= 15 is 0 Å². The second-order valence-corrected chi connectivity index (χ2v) is 6.31. The highest BCUT2D eigenvalue weighted by Crippen LogP contribution is 2.52. The first-order valence-corrected chi connectivity index (χ1v) is 7.23. The Kier molecular flexibility index (Phi) is 2.43. The number of nitrogens with zero attached hydrogens (tertiary/aromatic N) is 1. The first kappa shape index (κ1) is 11.9. The van der Waals surface area contributed by atoms with Gasteiger partial charge in [-0.25, -0.2) is 0 Å². The van der Waals surface area contributed by atoms with Crippen molar-refractivity contribution in [1.29, 1.82) is 0 Å². The van der Waals surface area contributed by atoms with E-state index in [1.807, 2.05) is 17.0 Å². The van der Waals surface area contributed by atoms with Crippen LogP contribution in [0.25, 0.3) is 0 Å². The van der Waals surface area contributed by atoms with Gasteiger partial charge in [-0.3, -0.25) is 9.59 Å². The van der Waals surface area contributed by atoms with Crippen molar-refractivity contribution >= 4 is 11.9 Å². The lowest BCUT2D eigenvalue weighted by molar-refractivity contribution is -0.141. The molecule has 0 radical (unpaired) electrons. The van der Waals surface area contributed by atoms with Crippen molar-refractivity contribution in [3.05, 3.63) is 35.4 Å². The van der Waals surface area contributed by atoms with Crippen LogP contribution in [0.2, 0.25) is 0 Å². The first-order valence-electron chi connectivity index (χ1n) is 7.23. The molecule has 2 fully saturated rings. The van der Waals surface area contributed by atoms with E-state index in [1.54, 1.807) is 0 Å². The fraction of sp³-hybridized carbons (Fsp3) is 0.500. The Morgan fingerprint density at radius 3 is 2.10 bits per heavy atom. The molecule has 0 aromatic heterocycles. The molecule has 104 valence electrons. The number of carboxylic acid groups (broad SMARTS) is 1. The van der Waals surface area contributed by atoms with Crippen LogP contribution in [0.15, 0.2) is 24.3 Å². The number of rotatable bonds is 2. The Balaban J connectivity index is 1.41. The summed E-state index contributed by atoms with van der Waals surface area (Å²) in [5.41, 5.74) is 2.58. The first-order chi connectivity index (χ1) is 9.65. The Labute approximate surface area is 117 Å². The molecule has 2 aliphatic carbocycles. The number of carboxylic acids is 1.